The topological polar surface area (TPSA) is 78.4 Å². The van der Waals surface area contributed by atoms with Crippen LogP contribution < -0.4 is 10.0 Å². The summed E-state index contributed by atoms with van der Waals surface area (Å²) in [5.41, 5.74) is 0.495. The van der Waals surface area contributed by atoms with Crippen molar-refractivity contribution in [2.24, 2.45) is 0 Å². The Kier molecular flexibility index (Phi) is 3.59. The second kappa shape index (κ2) is 5.02. The number of dihydropyridines is 1. The van der Waals surface area contributed by atoms with Gasteiger partial charge in [-0.3, -0.25) is 4.72 Å². The SMILES string of the molecule is Cc1ccc(F)cc1S(=O)(=O)NC1=CC=CNC1O. The van der Waals surface area contributed by atoms with E-state index in [0.29, 0.717) is 5.56 Å². The molecule has 0 saturated heterocycles. The number of allylic oxidation sites excluding steroid dienone is 2. The second-order valence-corrected chi connectivity index (χ2v) is 5.72. The Morgan fingerprint density at radius 1 is 1.42 bits per heavy atom. The molecule has 1 aliphatic rings. The Morgan fingerprint density at radius 3 is 2.84 bits per heavy atom. The number of aryl methyl sites for hydroxylation is 1. The molecular formula is C12H13FN2O3S. The largest absolute Gasteiger partial charge is 0.368 e. The van der Waals surface area contributed by atoms with Gasteiger partial charge in [-0.05, 0) is 43.0 Å². The number of sulfonamides is 1. The van der Waals surface area contributed by atoms with Gasteiger partial charge in [0.25, 0.3) is 10.0 Å². The Morgan fingerprint density at radius 2 is 2.16 bits per heavy atom. The Bertz CT molecular complexity index is 653. The van der Waals surface area contributed by atoms with E-state index >= 15 is 0 Å². The molecule has 0 spiro atoms. The van der Waals surface area contributed by atoms with Crippen LogP contribution in [0.5, 0.6) is 0 Å². The Hall–Kier alpha value is -1.86. The van der Waals surface area contributed by atoms with Crippen molar-refractivity contribution in [1.29, 1.82) is 0 Å². The molecule has 1 aromatic carbocycles. The Labute approximate surface area is 110 Å². The number of nitrogens with one attached hydrogen (secondary N) is 2. The molecule has 0 amide bonds. The summed E-state index contributed by atoms with van der Waals surface area (Å²) in [7, 11) is -3.94. The number of benzene rings is 1. The monoisotopic (exact) mass is 284 g/mol. The highest BCUT2D eigenvalue weighted by Gasteiger charge is 2.22. The van der Waals surface area contributed by atoms with Crippen LogP contribution in [0.1, 0.15) is 5.56 Å². The Balaban J connectivity index is 2.35. The summed E-state index contributed by atoms with van der Waals surface area (Å²) in [6.45, 7) is 1.57. The molecule has 19 heavy (non-hydrogen) atoms. The van der Waals surface area contributed by atoms with Crippen molar-refractivity contribution in [3.63, 3.8) is 0 Å². The molecular weight excluding hydrogens is 271 g/mol. The van der Waals surface area contributed by atoms with Crippen molar-refractivity contribution in [2.45, 2.75) is 18.0 Å². The first-order chi connectivity index (χ1) is 8.90. The minimum atomic E-state index is -3.94. The van der Waals surface area contributed by atoms with E-state index < -0.39 is 22.1 Å². The minimum absolute atomic E-state index is 0.0751. The van der Waals surface area contributed by atoms with Gasteiger partial charge in [-0.25, -0.2) is 12.8 Å². The van der Waals surface area contributed by atoms with E-state index in [-0.39, 0.29) is 10.6 Å². The van der Waals surface area contributed by atoms with Crippen molar-refractivity contribution >= 4 is 10.0 Å². The van der Waals surface area contributed by atoms with Crippen LogP contribution in [0.15, 0.2) is 47.1 Å². The molecule has 0 aliphatic carbocycles. The van der Waals surface area contributed by atoms with E-state index in [2.05, 4.69) is 10.0 Å². The van der Waals surface area contributed by atoms with Gasteiger partial charge in [0.05, 0.1) is 10.6 Å². The predicted molar refractivity (Wildman–Crippen MR) is 67.8 cm³/mol. The number of hydrogen-bond donors (Lipinski definition) is 3. The number of aliphatic hydroxyl groups is 1. The maximum absolute atomic E-state index is 13.2. The fourth-order valence-corrected chi connectivity index (χ4v) is 3.00. The zero-order valence-corrected chi connectivity index (χ0v) is 10.9. The first kappa shape index (κ1) is 13.6. The molecule has 0 fully saturated rings. The van der Waals surface area contributed by atoms with E-state index in [1.54, 1.807) is 13.0 Å². The van der Waals surface area contributed by atoms with E-state index in [9.17, 15) is 17.9 Å². The molecule has 2 rings (SSSR count). The molecule has 0 bridgehead atoms. The fraction of sp³-hybridized carbons (Fsp3) is 0.167. The summed E-state index contributed by atoms with van der Waals surface area (Å²) in [5, 5.41) is 12.1. The smallest absolute Gasteiger partial charge is 0.262 e. The lowest BCUT2D eigenvalue weighted by molar-refractivity contribution is 0.183. The van der Waals surface area contributed by atoms with Crippen LogP contribution in [0.25, 0.3) is 0 Å². The number of halogens is 1. The van der Waals surface area contributed by atoms with Gasteiger partial charge in [0.15, 0.2) is 6.23 Å². The third-order valence-electron chi connectivity index (χ3n) is 2.61. The van der Waals surface area contributed by atoms with Crippen LogP contribution in [0.4, 0.5) is 4.39 Å². The molecule has 0 aromatic heterocycles. The molecule has 0 radical (unpaired) electrons. The number of aliphatic hydroxyl groups excluding tert-OH is 1. The number of hydrogen-bond acceptors (Lipinski definition) is 4. The molecule has 102 valence electrons. The third-order valence-corrected chi connectivity index (χ3v) is 4.14. The van der Waals surface area contributed by atoms with Crippen LogP contribution in [-0.2, 0) is 10.0 Å². The average molecular weight is 284 g/mol. The van der Waals surface area contributed by atoms with Crippen LogP contribution in [-0.4, -0.2) is 19.8 Å². The lowest BCUT2D eigenvalue weighted by Crippen LogP contribution is -2.38. The van der Waals surface area contributed by atoms with Gasteiger partial charge in [0.1, 0.15) is 5.82 Å². The van der Waals surface area contributed by atoms with Crippen LogP contribution in [0, 0.1) is 12.7 Å². The summed E-state index contributed by atoms with van der Waals surface area (Å²) < 4.78 is 39.7. The average Bonchev–Trinajstić information content (AvgIpc) is 2.35. The van der Waals surface area contributed by atoms with Gasteiger partial charge in [-0.15, -0.1) is 0 Å². The molecule has 1 atom stereocenters. The second-order valence-electron chi connectivity index (χ2n) is 4.07. The van der Waals surface area contributed by atoms with Gasteiger partial charge in [0.2, 0.25) is 0 Å². The third kappa shape index (κ3) is 2.94. The van der Waals surface area contributed by atoms with E-state index in [4.69, 9.17) is 0 Å². The minimum Gasteiger partial charge on any atom is -0.368 e. The summed E-state index contributed by atoms with van der Waals surface area (Å²) >= 11 is 0. The molecule has 1 unspecified atom stereocenters. The quantitative estimate of drug-likeness (QED) is 0.764. The lowest BCUT2D eigenvalue weighted by Gasteiger charge is -2.20. The van der Waals surface area contributed by atoms with Crippen LogP contribution in [0.3, 0.4) is 0 Å². The molecule has 5 nitrogen and oxygen atoms in total. The first-order valence-electron chi connectivity index (χ1n) is 5.50. The number of rotatable bonds is 3. The van der Waals surface area contributed by atoms with Crippen molar-refractivity contribution in [2.75, 3.05) is 0 Å². The standard InChI is InChI=1S/C12H13FN2O3S/c1-8-4-5-9(13)7-11(8)19(17,18)15-10-3-2-6-14-12(10)16/h2-7,12,14-16H,1H3. The first-order valence-corrected chi connectivity index (χ1v) is 6.98. The van der Waals surface area contributed by atoms with Gasteiger partial charge >= 0.3 is 0 Å². The zero-order valence-electron chi connectivity index (χ0n) is 10.1. The summed E-state index contributed by atoms with van der Waals surface area (Å²) in [6, 6.07) is 3.51. The van der Waals surface area contributed by atoms with E-state index in [1.807, 2.05) is 0 Å². The highest BCUT2D eigenvalue weighted by molar-refractivity contribution is 7.89. The van der Waals surface area contributed by atoms with E-state index in [1.165, 1.54) is 24.4 Å². The molecule has 3 N–H and O–H groups in total. The van der Waals surface area contributed by atoms with E-state index in [0.717, 1.165) is 6.07 Å². The summed E-state index contributed by atoms with van der Waals surface area (Å²) in [6.07, 6.45) is 3.31. The van der Waals surface area contributed by atoms with Gasteiger partial charge in [-0.1, -0.05) is 6.07 Å². The predicted octanol–water partition coefficient (Wildman–Crippen LogP) is 0.732. The highest BCUT2D eigenvalue weighted by Crippen LogP contribution is 2.18. The van der Waals surface area contributed by atoms with Crippen LogP contribution >= 0.6 is 0 Å². The molecule has 1 heterocycles. The maximum Gasteiger partial charge on any atom is 0.262 e. The molecule has 1 aromatic rings. The van der Waals surface area contributed by atoms with Crippen LogP contribution in [0.2, 0.25) is 0 Å². The van der Waals surface area contributed by atoms with Crippen molar-refractivity contribution in [3.05, 3.63) is 53.6 Å². The normalized spacial score (nSPS) is 18.7. The highest BCUT2D eigenvalue weighted by atomic mass is 32.2. The van der Waals surface area contributed by atoms with Gasteiger partial charge in [0, 0.05) is 0 Å². The molecule has 0 saturated carbocycles. The molecule has 7 heteroatoms. The fourth-order valence-electron chi connectivity index (χ4n) is 1.64. The summed E-state index contributed by atoms with van der Waals surface area (Å²) in [4.78, 5) is -0.157. The summed E-state index contributed by atoms with van der Waals surface area (Å²) in [5.74, 6) is -0.637. The van der Waals surface area contributed by atoms with Gasteiger partial charge < -0.3 is 10.4 Å². The van der Waals surface area contributed by atoms with Crippen molar-refractivity contribution < 1.29 is 17.9 Å². The lowest BCUT2D eigenvalue weighted by atomic mass is 10.2. The molecule has 1 aliphatic heterocycles. The van der Waals surface area contributed by atoms with Crippen molar-refractivity contribution in [1.82, 2.24) is 10.0 Å². The van der Waals surface area contributed by atoms with Crippen molar-refractivity contribution in [3.8, 4) is 0 Å². The zero-order chi connectivity index (χ0) is 14.0. The maximum atomic E-state index is 13.2. The van der Waals surface area contributed by atoms with Gasteiger partial charge in [-0.2, -0.15) is 0 Å².